The Morgan fingerprint density at radius 3 is 1.13 bits per heavy atom. The van der Waals surface area contributed by atoms with Gasteiger partial charge in [0.25, 0.3) is 23.6 Å². The fourth-order valence-corrected chi connectivity index (χ4v) is 8.62. The number of amides is 4. The molecular formula is C49H24F24I2N4O4. The Morgan fingerprint density at radius 1 is 0.422 bits per heavy atom. The predicted molar refractivity (Wildman–Crippen MR) is 260 cm³/mol. The molecule has 3 N–H and O–H groups in total. The van der Waals surface area contributed by atoms with E-state index < -0.39 is 171 Å². The minimum absolute atomic E-state index is 0.112. The Morgan fingerprint density at radius 2 is 0.771 bits per heavy atom. The van der Waals surface area contributed by atoms with Crippen molar-refractivity contribution in [2.24, 2.45) is 0 Å². The predicted octanol–water partition coefficient (Wildman–Crippen LogP) is 16.8. The molecule has 0 saturated carbocycles. The van der Waals surface area contributed by atoms with Crippen molar-refractivity contribution in [1.82, 2.24) is 0 Å². The summed E-state index contributed by atoms with van der Waals surface area (Å²) in [6.45, 7) is 0. The zero-order chi connectivity index (χ0) is 63.1. The van der Waals surface area contributed by atoms with Crippen molar-refractivity contribution in [3.8, 4) is 0 Å². The molecule has 0 unspecified atom stereocenters. The van der Waals surface area contributed by atoms with Gasteiger partial charge in [0.1, 0.15) is 11.6 Å². The highest BCUT2D eigenvalue weighted by molar-refractivity contribution is 14.1. The lowest BCUT2D eigenvalue weighted by Gasteiger charge is -2.31. The van der Waals surface area contributed by atoms with Gasteiger partial charge in [0.05, 0.1) is 45.0 Å². The third-order valence-corrected chi connectivity index (χ3v) is 12.9. The highest BCUT2D eigenvalue weighted by Crippen LogP contribution is 2.56. The molecule has 4 amide bonds. The van der Waals surface area contributed by atoms with Gasteiger partial charge in [-0.2, -0.15) is 79.0 Å². The normalized spacial score (nSPS) is 12.7. The van der Waals surface area contributed by atoms with Gasteiger partial charge in [-0.15, -0.1) is 0 Å². The maximum absolute atomic E-state index is 15.3. The topological polar surface area (TPSA) is 108 Å². The molecule has 0 aliphatic heterocycles. The number of anilines is 4. The van der Waals surface area contributed by atoms with Crippen LogP contribution < -0.4 is 20.9 Å². The number of rotatable bonds is 10. The van der Waals surface area contributed by atoms with E-state index in [-0.39, 0.29) is 23.3 Å². The van der Waals surface area contributed by atoms with Crippen LogP contribution >= 0.6 is 45.2 Å². The number of hydrogen-bond acceptors (Lipinski definition) is 4. The number of nitrogens with one attached hydrogen (secondary N) is 3. The first kappa shape index (κ1) is 66.8. The second kappa shape index (κ2) is 23.9. The molecule has 8 nitrogen and oxygen atoms in total. The third-order valence-electron chi connectivity index (χ3n) is 11.2. The molecule has 0 spiro atoms. The summed E-state index contributed by atoms with van der Waals surface area (Å²) in [5.41, 5.74) is -28.1. The first-order chi connectivity index (χ1) is 37.8. The molecule has 0 aromatic heterocycles. The summed E-state index contributed by atoms with van der Waals surface area (Å²) in [6.07, 6.45) is -38.3. The minimum atomic E-state index is -6.72. The smallest absolute Gasteiger partial charge is 0.320 e. The summed E-state index contributed by atoms with van der Waals surface area (Å²) in [7, 11) is 1.06. The van der Waals surface area contributed by atoms with Crippen LogP contribution in [0.1, 0.15) is 63.7 Å². The molecule has 0 bridgehead atoms. The quantitative estimate of drug-likeness (QED) is 0.0938. The zero-order valence-electron chi connectivity index (χ0n) is 39.8. The fraction of sp³-hybridized carbons (Fsp3) is 0.184. The molecular weight excluding hydrogens is 1420 g/mol. The Labute approximate surface area is 474 Å². The van der Waals surface area contributed by atoms with E-state index in [0.29, 0.717) is 4.90 Å². The van der Waals surface area contributed by atoms with E-state index in [1.165, 1.54) is 0 Å². The fourth-order valence-electron chi connectivity index (χ4n) is 7.10. The monoisotopic (exact) mass is 1440 g/mol. The van der Waals surface area contributed by atoms with Crippen LogP contribution in [0.3, 0.4) is 0 Å². The van der Waals surface area contributed by atoms with E-state index in [0.717, 1.165) is 137 Å². The number of carbonyl (C=O) groups excluding carboxylic acids is 4. The van der Waals surface area contributed by atoms with Gasteiger partial charge in [0, 0.05) is 36.4 Å². The molecule has 83 heavy (non-hydrogen) atoms. The second-order valence-electron chi connectivity index (χ2n) is 16.6. The molecule has 0 saturated heterocycles. The van der Waals surface area contributed by atoms with E-state index in [4.69, 9.17) is 0 Å². The third kappa shape index (κ3) is 14.0. The summed E-state index contributed by atoms with van der Waals surface area (Å²) >= 11 is 1.70. The molecule has 0 fully saturated rings. The van der Waals surface area contributed by atoms with Crippen LogP contribution in [0.2, 0.25) is 0 Å². The van der Waals surface area contributed by atoms with Crippen LogP contribution in [0.15, 0.2) is 109 Å². The lowest BCUT2D eigenvalue weighted by molar-refractivity contribution is -0.349. The molecule has 0 heterocycles. The van der Waals surface area contributed by atoms with E-state index in [1.807, 2.05) is 0 Å². The SMILES string of the molecule is CN(C(=O)c1ccc(F)cc1)c1cccc(C(=O)Nc2c(I)cc(C(F)(C(F)(F)F)C(F)(F)F)cc2C(F)(F)F)c1F.O=C(Nc1cccc(C(=O)Nc2c(I)cc(C(F)(C(F)(F)F)C(F)(F)F)cc2C(F)(F)F)c1F)c1ccc(F)cc1. The lowest BCUT2D eigenvalue weighted by Crippen LogP contribution is -2.50. The van der Waals surface area contributed by atoms with Crippen LogP contribution in [-0.4, -0.2) is 55.4 Å². The van der Waals surface area contributed by atoms with Gasteiger partial charge in [-0.25, -0.2) is 26.3 Å². The van der Waals surface area contributed by atoms with Gasteiger partial charge in [-0.3, -0.25) is 19.2 Å². The van der Waals surface area contributed by atoms with Gasteiger partial charge in [-0.1, -0.05) is 12.1 Å². The summed E-state index contributed by atoms with van der Waals surface area (Å²) in [5.74, 6) is -9.49. The van der Waals surface area contributed by atoms with Crippen molar-refractivity contribution in [2.45, 2.75) is 48.4 Å². The van der Waals surface area contributed by atoms with E-state index in [1.54, 1.807) is 10.6 Å². The molecule has 6 rings (SSSR count). The Bertz CT molecular complexity index is 3420. The van der Waals surface area contributed by atoms with Crippen LogP contribution in [0, 0.1) is 30.4 Å². The molecule has 0 aliphatic rings. The van der Waals surface area contributed by atoms with Gasteiger partial charge in [0.2, 0.25) is 0 Å². The van der Waals surface area contributed by atoms with Gasteiger partial charge < -0.3 is 20.9 Å². The van der Waals surface area contributed by atoms with Gasteiger partial charge in [0.15, 0.2) is 11.6 Å². The van der Waals surface area contributed by atoms with Crippen LogP contribution in [0.5, 0.6) is 0 Å². The molecule has 0 radical (unpaired) electrons. The first-order valence-corrected chi connectivity index (χ1v) is 23.7. The summed E-state index contributed by atoms with van der Waals surface area (Å²) < 4.78 is 324. The van der Waals surface area contributed by atoms with Crippen molar-refractivity contribution in [3.63, 3.8) is 0 Å². The lowest BCUT2D eigenvalue weighted by atomic mass is 9.92. The number of benzene rings is 6. The summed E-state index contributed by atoms with van der Waals surface area (Å²) in [6, 6.07) is 11.5. The van der Waals surface area contributed by atoms with Crippen molar-refractivity contribution in [3.05, 3.63) is 184 Å². The average molecular weight is 1440 g/mol. The zero-order valence-corrected chi connectivity index (χ0v) is 44.1. The second-order valence-corrected chi connectivity index (χ2v) is 18.9. The number of nitrogens with zero attached hydrogens (tertiary/aromatic N) is 1. The number of alkyl halides is 20. The molecule has 6 aromatic rings. The van der Waals surface area contributed by atoms with Gasteiger partial charge in [-0.05, 0) is 142 Å². The summed E-state index contributed by atoms with van der Waals surface area (Å²) in [4.78, 5) is 51.1. The van der Waals surface area contributed by atoms with Crippen molar-refractivity contribution in [2.75, 3.05) is 27.9 Å². The van der Waals surface area contributed by atoms with E-state index in [2.05, 4.69) is 5.32 Å². The standard InChI is InChI=1S/C25H13F12IN2O2.C24H11F12IN2O2/c1-40(21(42)11-5-7-13(26)8-6-11)17-4-2-3-14(18(17)27)20(41)39-19-15(23(29,30)31)9-12(10-16(19)38)22(28,24(32,33)34)25(35,36)37;25-12-6-4-10(5-7-12)19(40)38-16-3-1-2-13(17(16)26)20(41)39-18-14(22(28,29)30)8-11(9-15(18)37)21(27,23(31,32)33)24(34,35)36/h2-10H,1H3,(H,39,41);1-9H,(H,38,40)(H,39,41). The maximum atomic E-state index is 15.3. The highest BCUT2D eigenvalue weighted by atomic mass is 127. The Kier molecular flexibility index (Phi) is 19.2. The van der Waals surface area contributed by atoms with Crippen molar-refractivity contribution in [1.29, 1.82) is 0 Å². The van der Waals surface area contributed by atoms with Crippen molar-refractivity contribution >= 4 is 91.6 Å². The van der Waals surface area contributed by atoms with Crippen LogP contribution in [0.25, 0.3) is 0 Å². The van der Waals surface area contributed by atoms with Crippen LogP contribution in [0.4, 0.5) is 128 Å². The number of hydrogen-bond donors (Lipinski definition) is 3. The van der Waals surface area contributed by atoms with Crippen molar-refractivity contribution < 1.29 is 125 Å². The minimum Gasteiger partial charge on any atom is -0.320 e. The molecule has 34 heteroatoms. The molecule has 0 atom stereocenters. The number of carbonyl (C=O) groups is 4. The van der Waals surface area contributed by atoms with E-state index >= 15 is 8.78 Å². The largest absolute Gasteiger partial charge is 0.435 e. The number of halogens is 26. The highest BCUT2D eigenvalue weighted by Gasteiger charge is 2.75. The Hall–Kier alpha value is -7.02. The van der Waals surface area contributed by atoms with Gasteiger partial charge >= 0.3 is 48.4 Å². The maximum Gasteiger partial charge on any atom is 0.435 e. The molecule has 0 aliphatic carbocycles. The van der Waals surface area contributed by atoms with Crippen LogP contribution in [-0.2, 0) is 23.7 Å². The Balaban J connectivity index is 0.000000304. The average Bonchev–Trinajstić information content (AvgIpc) is 2.39. The summed E-state index contributed by atoms with van der Waals surface area (Å²) in [5, 5.41) is 5.22. The van der Waals surface area contributed by atoms with E-state index in [9.17, 15) is 116 Å². The molecule has 6 aromatic carbocycles. The first-order valence-electron chi connectivity index (χ1n) is 21.6. The molecule has 446 valence electrons.